The third-order valence-electron chi connectivity index (χ3n) is 2.94. The Morgan fingerprint density at radius 1 is 1.32 bits per heavy atom. The number of thiazole rings is 1. The zero-order chi connectivity index (χ0) is 16.1. The summed E-state index contributed by atoms with van der Waals surface area (Å²) in [6, 6.07) is 5.96. The van der Waals surface area contributed by atoms with Crippen LogP contribution in [0.1, 0.15) is 32.9 Å². The van der Waals surface area contributed by atoms with E-state index in [1.807, 2.05) is 0 Å². The zero-order valence-electron chi connectivity index (χ0n) is 12.4. The maximum atomic E-state index is 13.1. The Balaban J connectivity index is 2.03. The van der Waals surface area contributed by atoms with Crippen LogP contribution in [-0.4, -0.2) is 23.3 Å². The summed E-state index contributed by atoms with van der Waals surface area (Å²) < 4.78 is 18.0. The molecule has 0 aliphatic heterocycles. The Morgan fingerprint density at radius 3 is 2.77 bits per heavy atom. The van der Waals surface area contributed by atoms with Crippen molar-refractivity contribution in [1.29, 1.82) is 0 Å². The number of aromatic nitrogens is 1. The number of aryl methyl sites for hydroxylation is 1. The third kappa shape index (κ3) is 4.21. The fraction of sp³-hybridized carbons (Fsp3) is 0.312. The molecule has 116 valence electrons. The van der Waals surface area contributed by atoms with Gasteiger partial charge in [-0.3, -0.25) is 4.79 Å². The second kappa shape index (κ2) is 7.26. The summed E-state index contributed by atoms with van der Waals surface area (Å²) in [7, 11) is 0. The number of hydrogen-bond donors (Lipinski definition) is 0. The van der Waals surface area contributed by atoms with E-state index < -0.39 is 5.97 Å². The molecular weight excluding hydrogens is 305 g/mol. The first-order valence-corrected chi connectivity index (χ1v) is 7.70. The molecule has 0 radical (unpaired) electrons. The zero-order valence-corrected chi connectivity index (χ0v) is 13.2. The lowest BCUT2D eigenvalue weighted by molar-refractivity contribution is -0.117. The van der Waals surface area contributed by atoms with Gasteiger partial charge in [-0.2, -0.15) is 0 Å². The van der Waals surface area contributed by atoms with Crippen LogP contribution in [0, 0.1) is 12.7 Å². The van der Waals surface area contributed by atoms with Gasteiger partial charge in [0.15, 0.2) is 0 Å². The topological polar surface area (TPSA) is 56.3 Å². The van der Waals surface area contributed by atoms with E-state index in [1.54, 1.807) is 26.0 Å². The number of Topliss-reactive ketones (excluding diaryl/α,β-unsaturated/α-hetero) is 1. The third-order valence-corrected chi connectivity index (χ3v) is 4.08. The van der Waals surface area contributed by atoms with Crippen LogP contribution >= 0.6 is 11.3 Å². The highest BCUT2D eigenvalue weighted by molar-refractivity contribution is 7.13. The second-order valence-corrected chi connectivity index (χ2v) is 5.85. The fourth-order valence-electron chi connectivity index (χ4n) is 2.02. The number of carbonyl (C=O) groups excluding carboxylic acids is 2. The number of rotatable bonds is 6. The molecule has 2 aromatic rings. The molecule has 0 fully saturated rings. The minimum absolute atomic E-state index is 0.0743. The van der Waals surface area contributed by atoms with Crippen LogP contribution < -0.4 is 0 Å². The summed E-state index contributed by atoms with van der Waals surface area (Å²) in [5.41, 5.74) is 1.20. The van der Waals surface area contributed by atoms with Crippen molar-refractivity contribution < 1.29 is 18.7 Å². The van der Waals surface area contributed by atoms with E-state index >= 15 is 0 Å². The number of ketones is 1. The van der Waals surface area contributed by atoms with E-state index in [0.29, 0.717) is 27.7 Å². The number of esters is 1. The van der Waals surface area contributed by atoms with Crippen molar-refractivity contribution in [3.8, 4) is 0 Å². The molecule has 0 amide bonds. The average molecular weight is 321 g/mol. The van der Waals surface area contributed by atoms with Crippen molar-refractivity contribution in [3.05, 3.63) is 51.2 Å². The predicted octanol–water partition coefficient (Wildman–Crippen LogP) is 3.12. The number of benzene rings is 1. The van der Waals surface area contributed by atoms with Crippen LogP contribution in [0.25, 0.3) is 0 Å². The van der Waals surface area contributed by atoms with Crippen molar-refractivity contribution in [2.45, 2.75) is 26.7 Å². The highest BCUT2D eigenvalue weighted by Gasteiger charge is 2.18. The van der Waals surface area contributed by atoms with Gasteiger partial charge < -0.3 is 4.74 Å². The van der Waals surface area contributed by atoms with E-state index in [9.17, 15) is 14.0 Å². The smallest absolute Gasteiger partial charge is 0.350 e. The van der Waals surface area contributed by atoms with E-state index in [2.05, 4.69) is 4.98 Å². The van der Waals surface area contributed by atoms with Gasteiger partial charge in [-0.05, 0) is 31.5 Å². The van der Waals surface area contributed by atoms with Crippen LogP contribution in [0.4, 0.5) is 4.39 Å². The van der Waals surface area contributed by atoms with Crippen molar-refractivity contribution in [2.75, 3.05) is 6.61 Å². The summed E-state index contributed by atoms with van der Waals surface area (Å²) in [6.45, 7) is 3.74. The normalized spacial score (nSPS) is 10.5. The minimum atomic E-state index is -0.415. The number of halogens is 1. The van der Waals surface area contributed by atoms with E-state index in [0.717, 1.165) is 0 Å². The number of carbonyl (C=O) groups is 2. The lowest BCUT2D eigenvalue weighted by atomic mass is 10.1. The Hall–Kier alpha value is -2.08. The molecule has 0 unspecified atom stereocenters. The van der Waals surface area contributed by atoms with Gasteiger partial charge in [0, 0.05) is 6.42 Å². The van der Waals surface area contributed by atoms with E-state index in [4.69, 9.17) is 4.74 Å². The van der Waals surface area contributed by atoms with Gasteiger partial charge in [-0.25, -0.2) is 14.2 Å². The van der Waals surface area contributed by atoms with Crippen molar-refractivity contribution in [2.24, 2.45) is 0 Å². The molecule has 1 heterocycles. The van der Waals surface area contributed by atoms with Crippen molar-refractivity contribution in [1.82, 2.24) is 4.98 Å². The van der Waals surface area contributed by atoms with Crippen molar-refractivity contribution in [3.63, 3.8) is 0 Å². The van der Waals surface area contributed by atoms with Crippen molar-refractivity contribution >= 4 is 23.1 Å². The molecule has 1 aromatic carbocycles. The Morgan fingerprint density at radius 2 is 2.09 bits per heavy atom. The number of hydrogen-bond acceptors (Lipinski definition) is 5. The number of ether oxygens (including phenoxy) is 1. The van der Waals surface area contributed by atoms with E-state index in [-0.39, 0.29) is 24.4 Å². The van der Waals surface area contributed by atoms with E-state index in [1.165, 1.54) is 23.5 Å². The summed E-state index contributed by atoms with van der Waals surface area (Å²) in [5, 5.41) is 0.571. The maximum Gasteiger partial charge on any atom is 0.350 e. The van der Waals surface area contributed by atoms with Gasteiger partial charge in [0.25, 0.3) is 0 Å². The average Bonchev–Trinajstić information content (AvgIpc) is 2.79. The minimum Gasteiger partial charge on any atom is -0.462 e. The molecule has 0 saturated heterocycles. The fourth-order valence-corrected chi connectivity index (χ4v) is 3.01. The monoisotopic (exact) mass is 321 g/mol. The summed E-state index contributed by atoms with van der Waals surface area (Å²) in [4.78, 5) is 28.4. The summed E-state index contributed by atoms with van der Waals surface area (Å²) in [5.74, 6) is -0.851. The molecule has 0 aliphatic carbocycles. The van der Waals surface area contributed by atoms with Crippen LogP contribution in [0.5, 0.6) is 0 Å². The first-order chi connectivity index (χ1) is 10.5. The molecule has 0 saturated carbocycles. The van der Waals surface area contributed by atoms with Gasteiger partial charge in [-0.1, -0.05) is 12.1 Å². The molecule has 4 nitrogen and oxygen atoms in total. The Labute approximate surface area is 132 Å². The molecule has 0 aliphatic rings. The molecule has 1 aromatic heterocycles. The molecule has 0 atom stereocenters. The maximum absolute atomic E-state index is 13.1. The SMILES string of the molecule is CCOC(=O)c1sc(CC(=O)Cc2cccc(F)c2)nc1C. The lowest BCUT2D eigenvalue weighted by Gasteiger charge is -2.00. The van der Waals surface area contributed by atoms with Gasteiger partial charge in [-0.15, -0.1) is 11.3 Å². The molecule has 2 rings (SSSR count). The standard InChI is InChI=1S/C16H16FNO3S/c1-3-21-16(20)15-10(2)18-14(22-15)9-13(19)8-11-5-4-6-12(17)7-11/h4-7H,3,8-9H2,1-2H3. The number of nitrogens with zero attached hydrogens (tertiary/aromatic N) is 1. The summed E-state index contributed by atoms with van der Waals surface area (Å²) in [6.07, 6.45) is 0.270. The Bertz CT molecular complexity index is 696. The van der Waals surface area contributed by atoms with Crippen LogP contribution in [0.15, 0.2) is 24.3 Å². The second-order valence-electron chi connectivity index (χ2n) is 4.76. The molecular formula is C16H16FNO3S. The molecule has 0 N–H and O–H groups in total. The predicted molar refractivity (Wildman–Crippen MR) is 81.6 cm³/mol. The van der Waals surface area contributed by atoms with Gasteiger partial charge in [0.2, 0.25) is 0 Å². The lowest BCUT2D eigenvalue weighted by Crippen LogP contribution is -2.06. The highest BCUT2D eigenvalue weighted by atomic mass is 32.1. The molecule has 0 bridgehead atoms. The molecule has 22 heavy (non-hydrogen) atoms. The van der Waals surface area contributed by atoms with Crippen LogP contribution in [0.3, 0.4) is 0 Å². The first-order valence-electron chi connectivity index (χ1n) is 6.89. The molecule has 6 heteroatoms. The summed E-state index contributed by atoms with van der Waals surface area (Å²) >= 11 is 1.17. The quantitative estimate of drug-likeness (QED) is 0.767. The Kier molecular flexibility index (Phi) is 5.38. The van der Waals surface area contributed by atoms with Gasteiger partial charge in [0.05, 0.1) is 18.7 Å². The first kappa shape index (κ1) is 16.3. The van der Waals surface area contributed by atoms with Crippen LogP contribution in [-0.2, 0) is 22.4 Å². The molecule has 0 spiro atoms. The van der Waals surface area contributed by atoms with Gasteiger partial charge >= 0.3 is 5.97 Å². The highest BCUT2D eigenvalue weighted by Crippen LogP contribution is 2.20. The largest absolute Gasteiger partial charge is 0.462 e. The van der Waals surface area contributed by atoms with Crippen LogP contribution in [0.2, 0.25) is 0 Å². The van der Waals surface area contributed by atoms with Gasteiger partial charge in [0.1, 0.15) is 21.5 Å².